The van der Waals surface area contributed by atoms with E-state index in [2.05, 4.69) is 10.3 Å². The number of hydrogen-bond acceptors (Lipinski definition) is 4. The number of halogens is 1. The van der Waals surface area contributed by atoms with Gasteiger partial charge >= 0.3 is 0 Å². The molecular formula is C19H15ClN2O3S. The predicted molar refractivity (Wildman–Crippen MR) is 104 cm³/mol. The van der Waals surface area contributed by atoms with Crippen molar-refractivity contribution in [3.63, 3.8) is 0 Å². The lowest BCUT2D eigenvalue weighted by Crippen LogP contribution is -2.23. The van der Waals surface area contributed by atoms with E-state index >= 15 is 0 Å². The first-order valence-corrected chi connectivity index (χ1v) is 8.96. The van der Waals surface area contributed by atoms with Gasteiger partial charge in [0, 0.05) is 11.9 Å². The lowest BCUT2D eigenvalue weighted by Gasteiger charge is -2.07. The lowest BCUT2D eigenvalue weighted by molar-refractivity contribution is -0.117. The molecule has 0 fully saturated rings. The molecule has 0 aromatic heterocycles. The molecule has 7 heteroatoms. The number of aliphatic imine (C=N–C) groups is 1. The van der Waals surface area contributed by atoms with Gasteiger partial charge in [0.15, 0.2) is 5.17 Å². The number of nitrogens with zero attached hydrogens (tertiary/aromatic N) is 1. The second kappa shape index (κ2) is 8.21. The Bertz CT molecular complexity index is 925. The normalized spacial score (nSPS) is 15.1. The molecule has 0 saturated carbocycles. The summed E-state index contributed by atoms with van der Waals surface area (Å²) in [7, 11) is 0. The highest BCUT2D eigenvalue weighted by Crippen LogP contribution is 2.28. The second-order valence-corrected chi connectivity index (χ2v) is 6.97. The average Bonchev–Trinajstić information content (AvgIpc) is 2.92. The van der Waals surface area contributed by atoms with Crippen molar-refractivity contribution >= 4 is 46.4 Å². The molecule has 132 valence electrons. The third kappa shape index (κ3) is 4.97. The molecule has 0 spiro atoms. The molecule has 1 aliphatic heterocycles. The summed E-state index contributed by atoms with van der Waals surface area (Å²) in [4.78, 5) is 27.2. The summed E-state index contributed by atoms with van der Waals surface area (Å²) in [6.45, 7) is 1.76. The third-order valence-corrected chi connectivity index (χ3v) is 4.49. The zero-order chi connectivity index (χ0) is 18.5. The molecule has 2 amide bonds. The Labute approximate surface area is 160 Å². The maximum atomic E-state index is 11.9. The number of amides is 2. The van der Waals surface area contributed by atoms with E-state index in [9.17, 15) is 9.59 Å². The molecule has 1 heterocycles. The molecule has 0 atom stereocenters. The van der Waals surface area contributed by atoms with Gasteiger partial charge in [0.05, 0.1) is 4.91 Å². The van der Waals surface area contributed by atoms with Gasteiger partial charge in [-0.05, 0) is 53.2 Å². The maximum Gasteiger partial charge on any atom is 0.286 e. The third-order valence-electron chi connectivity index (χ3n) is 3.35. The van der Waals surface area contributed by atoms with Crippen LogP contribution in [0.15, 0.2) is 58.4 Å². The van der Waals surface area contributed by atoms with Gasteiger partial charge in [0.25, 0.3) is 5.91 Å². The Kier molecular flexibility index (Phi) is 5.75. The number of carbonyl (C=O) groups is 2. The molecule has 0 saturated heterocycles. The Hall–Kier alpha value is -2.57. The van der Waals surface area contributed by atoms with Gasteiger partial charge in [-0.3, -0.25) is 9.59 Å². The van der Waals surface area contributed by atoms with Crippen LogP contribution < -0.4 is 10.1 Å². The Morgan fingerprint density at radius 1 is 1.27 bits per heavy atom. The summed E-state index contributed by atoms with van der Waals surface area (Å²) in [5.41, 5.74) is 1.78. The molecule has 5 nitrogen and oxygen atoms in total. The van der Waals surface area contributed by atoms with Crippen LogP contribution in [0.1, 0.15) is 18.1 Å². The number of ether oxygens (including phenoxy) is 1. The minimum atomic E-state index is -0.371. The van der Waals surface area contributed by atoms with Crippen molar-refractivity contribution in [1.82, 2.24) is 5.32 Å². The molecular weight excluding hydrogens is 372 g/mol. The highest BCUT2D eigenvalue weighted by molar-refractivity contribution is 8.18. The van der Waals surface area contributed by atoms with Gasteiger partial charge in [-0.2, -0.15) is 4.99 Å². The number of nitrogens with one attached hydrogen (secondary N) is 1. The van der Waals surface area contributed by atoms with Crippen LogP contribution in [-0.4, -0.2) is 17.0 Å². The molecule has 0 aliphatic carbocycles. The fourth-order valence-corrected chi connectivity index (χ4v) is 3.32. The highest BCUT2D eigenvalue weighted by Gasteiger charge is 2.22. The molecule has 2 aromatic rings. The lowest BCUT2D eigenvalue weighted by atomic mass is 10.2. The van der Waals surface area contributed by atoms with Gasteiger partial charge in [-0.15, -0.1) is 0 Å². The van der Waals surface area contributed by atoms with Crippen LogP contribution in [0.25, 0.3) is 6.08 Å². The summed E-state index contributed by atoms with van der Waals surface area (Å²) in [6, 6.07) is 14.9. The summed E-state index contributed by atoms with van der Waals surface area (Å²) in [5.74, 6) is 0.0449. The molecule has 0 unspecified atom stereocenters. The Balaban J connectivity index is 1.68. The van der Waals surface area contributed by atoms with E-state index in [4.69, 9.17) is 16.3 Å². The van der Waals surface area contributed by atoms with Crippen LogP contribution in [0.2, 0.25) is 5.02 Å². The smallest absolute Gasteiger partial charge is 0.286 e. The van der Waals surface area contributed by atoms with E-state index in [0.29, 0.717) is 27.5 Å². The van der Waals surface area contributed by atoms with E-state index in [-0.39, 0.29) is 11.8 Å². The van der Waals surface area contributed by atoms with Crippen LogP contribution >= 0.6 is 23.4 Å². The number of rotatable bonds is 4. The van der Waals surface area contributed by atoms with Crippen LogP contribution in [0, 0.1) is 0 Å². The second-order valence-electron chi connectivity index (χ2n) is 5.51. The van der Waals surface area contributed by atoms with Crippen LogP contribution in [-0.2, 0) is 16.2 Å². The maximum absolute atomic E-state index is 11.9. The van der Waals surface area contributed by atoms with Crippen molar-refractivity contribution in [2.75, 3.05) is 0 Å². The van der Waals surface area contributed by atoms with Crippen molar-refractivity contribution in [3.05, 3.63) is 69.6 Å². The summed E-state index contributed by atoms with van der Waals surface area (Å²) >= 11 is 7.10. The monoisotopic (exact) mass is 386 g/mol. The average molecular weight is 387 g/mol. The molecule has 1 N–H and O–H groups in total. The molecule has 0 bridgehead atoms. The van der Waals surface area contributed by atoms with E-state index in [1.807, 2.05) is 48.5 Å². The van der Waals surface area contributed by atoms with E-state index in [1.54, 1.807) is 6.08 Å². The fourth-order valence-electron chi connectivity index (χ4n) is 2.25. The van der Waals surface area contributed by atoms with Gasteiger partial charge in [0.2, 0.25) is 5.91 Å². The number of carbonyl (C=O) groups excluding carboxylic acids is 2. The minimum Gasteiger partial charge on any atom is -0.489 e. The van der Waals surface area contributed by atoms with Gasteiger partial charge < -0.3 is 10.1 Å². The van der Waals surface area contributed by atoms with Crippen LogP contribution in [0.4, 0.5) is 0 Å². The first kappa shape index (κ1) is 18.2. The zero-order valence-corrected chi connectivity index (χ0v) is 15.4. The molecule has 1 aliphatic rings. The fraction of sp³-hybridized carbons (Fsp3) is 0.105. The standard InChI is InChI=1S/C19H15ClN2O3S/c1-12(23)21-19-22-18(24)17(26-19)10-13-4-3-7-16(9-13)25-11-14-5-2-6-15(20)8-14/h2-10H,11H2,1H3,(H,21,22,23,24)/b17-10-. The van der Waals surface area contributed by atoms with E-state index in [1.165, 1.54) is 6.92 Å². The van der Waals surface area contributed by atoms with Crippen LogP contribution in [0.3, 0.4) is 0 Å². The SMILES string of the molecule is CC(=O)NC1=NC(=O)/C(=C/c2cccc(OCc3cccc(Cl)c3)c2)S1. The number of hydrogen-bond donors (Lipinski definition) is 1. The quantitative estimate of drug-likeness (QED) is 0.805. The van der Waals surface area contributed by atoms with E-state index in [0.717, 1.165) is 22.9 Å². The summed E-state index contributed by atoms with van der Waals surface area (Å²) in [5, 5.41) is 3.48. The summed E-state index contributed by atoms with van der Waals surface area (Å²) in [6.07, 6.45) is 1.72. The van der Waals surface area contributed by atoms with Crippen LogP contribution in [0.5, 0.6) is 5.75 Å². The first-order chi connectivity index (χ1) is 12.5. The molecule has 0 radical (unpaired) electrons. The van der Waals surface area contributed by atoms with Gasteiger partial charge in [-0.1, -0.05) is 35.9 Å². The van der Waals surface area contributed by atoms with E-state index < -0.39 is 0 Å². The number of thioether (sulfide) groups is 1. The number of benzene rings is 2. The molecule has 26 heavy (non-hydrogen) atoms. The predicted octanol–water partition coefficient (Wildman–Crippen LogP) is 4.03. The highest BCUT2D eigenvalue weighted by atomic mass is 35.5. The van der Waals surface area contributed by atoms with Gasteiger partial charge in [-0.25, -0.2) is 0 Å². The van der Waals surface area contributed by atoms with Crippen molar-refractivity contribution in [2.45, 2.75) is 13.5 Å². The van der Waals surface area contributed by atoms with Gasteiger partial charge in [0.1, 0.15) is 12.4 Å². The number of amidine groups is 1. The molecule has 2 aromatic carbocycles. The Morgan fingerprint density at radius 3 is 2.85 bits per heavy atom. The summed E-state index contributed by atoms with van der Waals surface area (Å²) < 4.78 is 5.79. The largest absolute Gasteiger partial charge is 0.489 e. The van der Waals surface area contributed by atoms with Crippen molar-refractivity contribution in [2.24, 2.45) is 4.99 Å². The Morgan fingerprint density at radius 2 is 2.08 bits per heavy atom. The van der Waals surface area contributed by atoms with Crippen molar-refractivity contribution in [3.8, 4) is 5.75 Å². The zero-order valence-electron chi connectivity index (χ0n) is 13.9. The van der Waals surface area contributed by atoms with Crippen molar-refractivity contribution < 1.29 is 14.3 Å². The first-order valence-electron chi connectivity index (χ1n) is 7.77. The molecule has 3 rings (SSSR count). The topological polar surface area (TPSA) is 67.8 Å². The minimum absolute atomic E-state index is 0.262. The van der Waals surface area contributed by atoms with Crippen molar-refractivity contribution in [1.29, 1.82) is 0 Å².